The summed E-state index contributed by atoms with van der Waals surface area (Å²) in [4.78, 5) is 35.1. The van der Waals surface area contributed by atoms with Gasteiger partial charge in [-0.3, -0.25) is 4.79 Å². The smallest absolute Gasteiger partial charge is 0.339 e. The zero-order valence-electron chi connectivity index (χ0n) is 20.8. The lowest BCUT2D eigenvalue weighted by Crippen LogP contribution is -2.42. The molecule has 5 nitrogen and oxygen atoms in total. The molecule has 1 aliphatic carbocycles. The monoisotopic (exact) mass is 508 g/mol. The maximum absolute atomic E-state index is 13.8. The van der Waals surface area contributed by atoms with Gasteiger partial charge in [0.05, 0.1) is 16.8 Å². The molecule has 0 bridgehead atoms. The molecule has 1 atom stereocenters. The molecule has 0 N–H and O–H groups in total. The number of aryl methyl sites for hydroxylation is 1. The first kappa shape index (κ1) is 23.6. The van der Waals surface area contributed by atoms with E-state index in [1.54, 1.807) is 23.2 Å². The van der Waals surface area contributed by atoms with Gasteiger partial charge < -0.3 is 9.64 Å². The Morgan fingerprint density at radius 3 is 2.70 bits per heavy atom. The molecule has 2 aliphatic rings. The zero-order valence-corrected chi connectivity index (χ0v) is 21.6. The van der Waals surface area contributed by atoms with E-state index in [1.807, 2.05) is 48.5 Å². The Bertz CT molecular complexity index is 1520. The van der Waals surface area contributed by atoms with Crippen molar-refractivity contribution in [2.45, 2.75) is 45.1 Å². The lowest BCUT2D eigenvalue weighted by atomic mass is 9.86. The normalized spacial score (nSPS) is 16.8. The molecule has 0 unspecified atom stereocenters. The van der Waals surface area contributed by atoms with Crippen LogP contribution in [0.5, 0.6) is 0 Å². The van der Waals surface area contributed by atoms with Crippen LogP contribution in [0.1, 0.15) is 58.2 Å². The van der Waals surface area contributed by atoms with E-state index in [4.69, 9.17) is 9.72 Å². The summed E-state index contributed by atoms with van der Waals surface area (Å²) in [5, 5.41) is 2.83. The van der Waals surface area contributed by atoms with Gasteiger partial charge in [0.2, 0.25) is 0 Å². The van der Waals surface area contributed by atoms with Crippen molar-refractivity contribution in [1.29, 1.82) is 0 Å². The van der Waals surface area contributed by atoms with E-state index in [1.165, 1.54) is 4.88 Å². The molecular formula is C31H28N2O3S. The molecule has 3 heterocycles. The minimum absolute atomic E-state index is 0.189. The highest BCUT2D eigenvalue weighted by Gasteiger charge is 2.31. The van der Waals surface area contributed by atoms with Gasteiger partial charge in [-0.1, -0.05) is 42.5 Å². The fourth-order valence-electron chi connectivity index (χ4n) is 5.51. The Labute approximate surface area is 220 Å². The predicted octanol–water partition coefficient (Wildman–Crippen LogP) is 6.70. The number of anilines is 1. The van der Waals surface area contributed by atoms with Crippen molar-refractivity contribution in [3.8, 4) is 0 Å². The number of para-hydroxylation sites is 2. The number of esters is 1. The summed E-state index contributed by atoms with van der Waals surface area (Å²) in [6, 6.07) is 19.8. The maximum atomic E-state index is 13.8. The van der Waals surface area contributed by atoms with Crippen LogP contribution in [-0.4, -0.2) is 29.5 Å². The van der Waals surface area contributed by atoms with Gasteiger partial charge >= 0.3 is 5.97 Å². The number of carbonyl (C=O) groups excluding carboxylic acids is 2. The fraction of sp³-hybridized carbons (Fsp3) is 0.258. The number of rotatable bonds is 4. The predicted molar refractivity (Wildman–Crippen MR) is 149 cm³/mol. The lowest BCUT2D eigenvalue weighted by Gasteiger charge is -2.31. The average Bonchev–Trinajstić information content (AvgIpc) is 3.44. The van der Waals surface area contributed by atoms with Crippen molar-refractivity contribution >= 4 is 51.5 Å². The second-order valence-corrected chi connectivity index (χ2v) is 10.6. The van der Waals surface area contributed by atoms with Crippen LogP contribution in [-0.2, 0) is 22.4 Å². The van der Waals surface area contributed by atoms with Gasteiger partial charge in [0.15, 0.2) is 6.10 Å². The number of carbonyl (C=O) groups is 2. The lowest BCUT2D eigenvalue weighted by molar-refractivity contribution is -0.126. The Kier molecular flexibility index (Phi) is 6.35. The maximum Gasteiger partial charge on any atom is 0.339 e. The highest BCUT2D eigenvalue weighted by molar-refractivity contribution is 7.10. The molecule has 1 amide bonds. The van der Waals surface area contributed by atoms with Crippen LogP contribution in [0.15, 0.2) is 66.0 Å². The average molecular weight is 509 g/mol. The van der Waals surface area contributed by atoms with Crippen LogP contribution in [0.3, 0.4) is 0 Å². The third-order valence-electron chi connectivity index (χ3n) is 7.24. The van der Waals surface area contributed by atoms with Crippen LogP contribution in [0, 0.1) is 0 Å². The molecule has 0 radical (unpaired) electrons. The Hall–Kier alpha value is -3.77. The summed E-state index contributed by atoms with van der Waals surface area (Å²) in [5.41, 5.74) is 6.29. The van der Waals surface area contributed by atoms with Gasteiger partial charge in [-0.15, -0.1) is 11.3 Å². The van der Waals surface area contributed by atoms with Crippen molar-refractivity contribution in [1.82, 2.24) is 4.98 Å². The number of aromatic nitrogens is 1. The summed E-state index contributed by atoms with van der Waals surface area (Å²) < 4.78 is 5.91. The van der Waals surface area contributed by atoms with Crippen molar-refractivity contribution in [2.75, 3.05) is 11.4 Å². The number of amides is 1. The van der Waals surface area contributed by atoms with E-state index in [9.17, 15) is 9.59 Å². The van der Waals surface area contributed by atoms with E-state index < -0.39 is 12.1 Å². The minimum atomic E-state index is -0.897. The van der Waals surface area contributed by atoms with Gasteiger partial charge in [-0.05, 0) is 85.4 Å². The molecular weight excluding hydrogens is 480 g/mol. The van der Waals surface area contributed by atoms with Gasteiger partial charge in [0, 0.05) is 22.5 Å². The molecule has 0 saturated carbocycles. The van der Waals surface area contributed by atoms with Gasteiger partial charge in [-0.25, -0.2) is 9.78 Å². The molecule has 186 valence electrons. The van der Waals surface area contributed by atoms with E-state index in [-0.39, 0.29) is 5.91 Å². The number of thiophene rings is 1. The van der Waals surface area contributed by atoms with Crippen molar-refractivity contribution in [3.05, 3.63) is 93.3 Å². The fourth-order valence-corrected chi connectivity index (χ4v) is 6.19. The number of fused-ring (bicyclic) bond motifs is 3. The number of allylic oxidation sites excluding steroid dienone is 1. The molecule has 2 aromatic heterocycles. The Balaban J connectivity index is 1.35. The van der Waals surface area contributed by atoms with E-state index in [0.717, 1.165) is 71.1 Å². The number of benzene rings is 2. The molecule has 37 heavy (non-hydrogen) atoms. The molecule has 6 heteroatoms. The largest absolute Gasteiger partial charge is 0.449 e. The summed E-state index contributed by atoms with van der Waals surface area (Å²) in [6.07, 6.45) is 5.72. The number of nitrogens with zero attached hydrogens (tertiary/aromatic N) is 2. The molecule has 2 aromatic carbocycles. The molecule has 1 aliphatic heterocycles. The molecule has 0 fully saturated rings. The van der Waals surface area contributed by atoms with Gasteiger partial charge in [0.25, 0.3) is 5.91 Å². The standard InChI is InChI=1S/C31H28N2O3S/c1-20(30(34)33-17-7-11-21-9-2-5-16-27(21)33)36-31(35)28-24-13-3-4-15-26(24)32-29-22(10-6-14-25(28)29)19-23-12-8-18-37-23/h2-5,8-9,12-13,15-16,18-20H,6-7,10-11,14,17H2,1H3/b22-19-/t20-/m0/s1. The zero-order chi connectivity index (χ0) is 25.4. The van der Waals surface area contributed by atoms with Crippen molar-refractivity contribution in [2.24, 2.45) is 0 Å². The molecule has 4 aromatic rings. The van der Waals surface area contributed by atoms with E-state index in [2.05, 4.69) is 23.6 Å². The summed E-state index contributed by atoms with van der Waals surface area (Å²) in [7, 11) is 0. The Morgan fingerprint density at radius 1 is 1.00 bits per heavy atom. The summed E-state index contributed by atoms with van der Waals surface area (Å²) >= 11 is 1.69. The topological polar surface area (TPSA) is 59.5 Å². The number of hydrogen-bond donors (Lipinski definition) is 0. The number of ether oxygens (including phenoxy) is 1. The van der Waals surface area contributed by atoms with Crippen LogP contribution in [0.2, 0.25) is 0 Å². The SMILES string of the molecule is C[C@H](OC(=O)c1c2c(nc3ccccc13)/C(=C\c1cccs1)CCC2)C(=O)N1CCCc2ccccc21. The minimum Gasteiger partial charge on any atom is -0.449 e. The van der Waals surface area contributed by atoms with Crippen molar-refractivity contribution in [3.63, 3.8) is 0 Å². The quantitative estimate of drug-likeness (QED) is 0.288. The van der Waals surface area contributed by atoms with Gasteiger partial charge in [0.1, 0.15) is 0 Å². The van der Waals surface area contributed by atoms with E-state index >= 15 is 0 Å². The third-order valence-corrected chi connectivity index (χ3v) is 8.06. The van der Waals surface area contributed by atoms with Crippen LogP contribution in [0.4, 0.5) is 5.69 Å². The first-order valence-electron chi connectivity index (χ1n) is 12.9. The van der Waals surface area contributed by atoms with Crippen LogP contribution >= 0.6 is 11.3 Å². The summed E-state index contributed by atoms with van der Waals surface area (Å²) in [6.45, 7) is 2.30. The first-order chi connectivity index (χ1) is 18.1. The number of hydrogen-bond acceptors (Lipinski definition) is 5. The van der Waals surface area contributed by atoms with Crippen LogP contribution < -0.4 is 4.90 Å². The Morgan fingerprint density at radius 2 is 1.84 bits per heavy atom. The third kappa shape index (κ3) is 4.46. The molecule has 0 spiro atoms. The van der Waals surface area contributed by atoms with Gasteiger partial charge in [-0.2, -0.15) is 0 Å². The van der Waals surface area contributed by atoms with E-state index in [0.29, 0.717) is 12.1 Å². The number of pyridine rings is 1. The molecule has 0 saturated heterocycles. The second-order valence-electron chi connectivity index (χ2n) is 9.64. The van der Waals surface area contributed by atoms with Crippen molar-refractivity contribution < 1.29 is 14.3 Å². The summed E-state index contributed by atoms with van der Waals surface area (Å²) in [5.74, 6) is -0.649. The first-order valence-corrected chi connectivity index (χ1v) is 13.7. The highest BCUT2D eigenvalue weighted by atomic mass is 32.1. The highest BCUT2D eigenvalue weighted by Crippen LogP contribution is 2.37. The molecule has 6 rings (SSSR count). The van der Waals surface area contributed by atoms with Crippen LogP contribution in [0.25, 0.3) is 22.6 Å². The second kappa shape index (κ2) is 9.94.